The van der Waals surface area contributed by atoms with Crippen molar-refractivity contribution in [3.05, 3.63) is 98.2 Å². The molecule has 3 rings (SSSR count). The minimum absolute atomic E-state index is 0.0223. The van der Waals surface area contributed by atoms with Crippen LogP contribution in [0.4, 0.5) is 10.1 Å². The van der Waals surface area contributed by atoms with E-state index in [2.05, 4.69) is 5.32 Å². The largest absolute Gasteiger partial charge is 0.322 e. The molecule has 27 heavy (non-hydrogen) atoms. The van der Waals surface area contributed by atoms with Crippen LogP contribution in [0, 0.1) is 19.7 Å². The number of hydrogen-bond acceptors (Lipinski definition) is 2. The molecular formula is C21H18ClFN2O2. The van der Waals surface area contributed by atoms with Crippen molar-refractivity contribution in [3.8, 4) is 0 Å². The molecule has 0 fully saturated rings. The van der Waals surface area contributed by atoms with E-state index in [0.717, 1.165) is 11.1 Å². The number of carbonyl (C=O) groups is 1. The Morgan fingerprint density at radius 3 is 2.59 bits per heavy atom. The van der Waals surface area contributed by atoms with Gasteiger partial charge in [-0.15, -0.1) is 0 Å². The quantitative estimate of drug-likeness (QED) is 0.717. The highest BCUT2D eigenvalue weighted by Crippen LogP contribution is 2.20. The van der Waals surface area contributed by atoms with Crippen molar-refractivity contribution < 1.29 is 9.18 Å². The van der Waals surface area contributed by atoms with E-state index in [1.54, 1.807) is 18.2 Å². The average molecular weight is 385 g/mol. The summed E-state index contributed by atoms with van der Waals surface area (Å²) in [5.74, 6) is -1.01. The third-order valence-electron chi connectivity index (χ3n) is 4.51. The first kappa shape index (κ1) is 18.9. The molecule has 2 aromatic carbocycles. The van der Waals surface area contributed by atoms with Crippen molar-refractivity contribution in [2.24, 2.45) is 0 Å². The first-order valence-electron chi connectivity index (χ1n) is 8.38. The molecule has 3 aromatic rings. The van der Waals surface area contributed by atoms with Gasteiger partial charge >= 0.3 is 0 Å². The van der Waals surface area contributed by atoms with Gasteiger partial charge in [-0.05, 0) is 55.3 Å². The van der Waals surface area contributed by atoms with Crippen LogP contribution in [0.5, 0.6) is 0 Å². The molecule has 0 aliphatic heterocycles. The maximum absolute atomic E-state index is 14.0. The van der Waals surface area contributed by atoms with Gasteiger partial charge in [0.05, 0.1) is 6.54 Å². The minimum atomic E-state index is -0.514. The summed E-state index contributed by atoms with van der Waals surface area (Å²) < 4.78 is 15.3. The summed E-state index contributed by atoms with van der Waals surface area (Å²) in [6.45, 7) is 3.78. The van der Waals surface area contributed by atoms with Gasteiger partial charge in [0.15, 0.2) is 0 Å². The highest BCUT2D eigenvalue weighted by Gasteiger charge is 2.15. The lowest BCUT2D eigenvalue weighted by molar-refractivity contribution is 0.102. The highest BCUT2D eigenvalue weighted by molar-refractivity contribution is 6.31. The molecule has 0 unspecified atom stereocenters. The molecule has 0 spiro atoms. The van der Waals surface area contributed by atoms with Gasteiger partial charge in [0.25, 0.3) is 11.5 Å². The van der Waals surface area contributed by atoms with E-state index >= 15 is 0 Å². The van der Waals surface area contributed by atoms with Gasteiger partial charge in [0, 0.05) is 22.5 Å². The Morgan fingerprint density at radius 1 is 1.11 bits per heavy atom. The average Bonchev–Trinajstić information content (AvgIpc) is 2.63. The van der Waals surface area contributed by atoms with Crippen LogP contribution in [0.1, 0.15) is 27.0 Å². The number of aromatic nitrogens is 1. The smallest absolute Gasteiger partial charge is 0.263 e. The molecule has 0 bridgehead atoms. The van der Waals surface area contributed by atoms with E-state index in [0.29, 0.717) is 5.69 Å². The third-order valence-corrected chi connectivity index (χ3v) is 4.86. The van der Waals surface area contributed by atoms with Crippen molar-refractivity contribution in [2.45, 2.75) is 20.4 Å². The van der Waals surface area contributed by atoms with Crippen molar-refractivity contribution in [3.63, 3.8) is 0 Å². The molecule has 0 radical (unpaired) electrons. The Kier molecular flexibility index (Phi) is 5.42. The van der Waals surface area contributed by atoms with E-state index in [-0.39, 0.29) is 22.7 Å². The van der Waals surface area contributed by atoms with Crippen LogP contribution in [-0.2, 0) is 6.54 Å². The lowest BCUT2D eigenvalue weighted by Gasteiger charge is -2.12. The summed E-state index contributed by atoms with van der Waals surface area (Å²) in [4.78, 5) is 25.3. The van der Waals surface area contributed by atoms with Gasteiger partial charge in [0.2, 0.25) is 0 Å². The van der Waals surface area contributed by atoms with Crippen LogP contribution in [0.25, 0.3) is 0 Å². The second-order valence-electron chi connectivity index (χ2n) is 6.26. The number of halogens is 2. The molecule has 6 heteroatoms. The fourth-order valence-electron chi connectivity index (χ4n) is 2.76. The third kappa shape index (κ3) is 3.93. The predicted octanol–water partition coefficient (Wildman–Crippen LogP) is 4.56. The molecule has 0 aliphatic rings. The number of amides is 1. The topological polar surface area (TPSA) is 51.1 Å². The van der Waals surface area contributed by atoms with Gasteiger partial charge in [-0.1, -0.05) is 29.8 Å². The number of rotatable bonds is 4. The number of pyridine rings is 1. The predicted molar refractivity (Wildman–Crippen MR) is 105 cm³/mol. The zero-order valence-electron chi connectivity index (χ0n) is 14.9. The number of nitrogens with one attached hydrogen (secondary N) is 1. The first-order chi connectivity index (χ1) is 12.9. The van der Waals surface area contributed by atoms with Gasteiger partial charge < -0.3 is 9.88 Å². The summed E-state index contributed by atoms with van der Waals surface area (Å²) in [6.07, 6.45) is 1.50. The summed E-state index contributed by atoms with van der Waals surface area (Å²) in [7, 11) is 0. The molecule has 1 heterocycles. The lowest BCUT2D eigenvalue weighted by Crippen LogP contribution is -2.29. The van der Waals surface area contributed by atoms with E-state index < -0.39 is 17.3 Å². The summed E-state index contributed by atoms with van der Waals surface area (Å²) in [6, 6.07) is 12.9. The zero-order valence-corrected chi connectivity index (χ0v) is 15.7. The molecule has 0 atom stereocenters. The Hall–Kier alpha value is -2.92. The summed E-state index contributed by atoms with van der Waals surface area (Å²) in [5.41, 5.74) is 2.28. The van der Waals surface area contributed by atoms with Crippen molar-refractivity contribution in [2.75, 3.05) is 5.32 Å². The van der Waals surface area contributed by atoms with Crippen LogP contribution in [0.2, 0.25) is 5.02 Å². The van der Waals surface area contributed by atoms with Crippen LogP contribution < -0.4 is 10.9 Å². The maximum atomic E-state index is 14.0. The number of anilines is 1. The summed E-state index contributed by atoms with van der Waals surface area (Å²) >= 11 is 6.04. The molecule has 1 aromatic heterocycles. The van der Waals surface area contributed by atoms with E-state index in [9.17, 15) is 14.0 Å². The van der Waals surface area contributed by atoms with Crippen LogP contribution in [0.15, 0.2) is 59.5 Å². The molecular weight excluding hydrogens is 367 g/mol. The number of hydrogen-bond donors (Lipinski definition) is 1. The van der Waals surface area contributed by atoms with Crippen LogP contribution >= 0.6 is 11.6 Å². The Balaban J connectivity index is 1.92. The van der Waals surface area contributed by atoms with Crippen LogP contribution in [0.3, 0.4) is 0 Å². The number of aryl methyl sites for hydroxylation is 1. The number of benzene rings is 2. The fourth-order valence-corrected chi connectivity index (χ4v) is 2.99. The van der Waals surface area contributed by atoms with E-state index in [4.69, 9.17) is 11.6 Å². The van der Waals surface area contributed by atoms with Crippen LogP contribution in [-0.4, -0.2) is 10.5 Å². The second-order valence-corrected chi connectivity index (χ2v) is 6.66. The lowest BCUT2D eigenvalue weighted by atomic mass is 10.1. The Morgan fingerprint density at radius 2 is 1.85 bits per heavy atom. The highest BCUT2D eigenvalue weighted by atomic mass is 35.5. The van der Waals surface area contributed by atoms with Crippen molar-refractivity contribution in [1.82, 2.24) is 4.57 Å². The standard InChI is InChI=1S/C21H18ClFN2O2/c1-13-6-3-10-19(14(13)2)24-20(26)15-7-5-11-25(21(15)27)12-16-17(22)8-4-9-18(16)23/h3-11H,12H2,1-2H3,(H,24,26). The first-order valence-corrected chi connectivity index (χ1v) is 8.76. The molecule has 1 amide bonds. The molecule has 4 nitrogen and oxygen atoms in total. The number of carbonyl (C=O) groups excluding carboxylic acids is 1. The summed E-state index contributed by atoms with van der Waals surface area (Å²) in [5, 5.41) is 3.00. The molecule has 1 N–H and O–H groups in total. The second kappa shape index (κ2) is 7.76. The zero-order chi connectivity index (χ0) is 19.6. The van der Waals surface area contributed by atoms with Gasteiger partial charge in [0.1, 0.15) is 11.4 Å². The molecule has 138 valence electrons. The Bertz CT molecular complexity index is 1060. The van der Waals surface area contributed by atoms with E-state index in [1.165, 1.54) is 29.0 Å². The fraction of sp³-hybridized carbons (Fsp3) is 0.143. The van der Waals surface area contributed by atoms with Crippen molar-refractivity contribution >= 4 is 23.2 Å². The van der Waals surface area contributed by atoms with E-state index in [1.807, 2.05) is 26.0 Å². The normalized spacial score (nSPS) is 10.7. The number of nitrogens with zero attached hydrogens (tertiary/aromatic N) is 1. The minimum Gasteiger partial charge on any atom is -0.322 e. The van der Waals surface area contributed by atoms with Gasteiger partial charge in [-0.25, -0.2) is 4.39 Å². The van der Waals surface area contributed by atoms with Gasteiger partial charge in [-0.3, -0.25) is 9.59 Å². The SMILES string of the molecule is Cc1cccc(NC(=O)c2cccn(Cc3c(F)cccc3Cl)c2=O)c1C. The molecule has 0 saturated carbocycles. The van der Waals surface area contributed by atoms with Crippen molar-refractivity contribution in [1.29, 1.82) is 0 Å². The Labute approximate surface area is 161 Å². The molecule has 0 saturated heterocycles. The monoisotopic (exact) mass is 384 g/mol. The van der Waals surface area contributed by atoms with Gasteiger partial charge in [-0.2, -0.15) is 0 Å². The maximum Gasteiger partial charge on any atom is 0.263 e. The molecule has 0 aliphatic carbocycles.